The molecule has 0 aliphatic heterocycles. The summed E-state index contributed by atoms with van der Waals surface area (Å²) in [5.41, 5.74) is 2.76. The standard InChI is InChI=1S/C16H16ClN3O/c17-14-4-2-1-3-12(14)7-16(21)18-9-13-8-15(11-5-6-11)20-10-19-13/h1-4,8,10-11H,5-7,9H2,(H,18,21). The molecule has 0 unspecified atom stereocenters. The molecule has 21 heavy (non-hydrogen) atoms. The summed E-state index contributed by atoms with van der Waals surface area (Å²) in [5, 5.41) is 3.49. The Hall–Kier alpha value is -1.94. The van der Waals surface area contributed by atoms with E-state index in [4.69, 9.17) is 11.6 Å². The average Bonchev–Trinajstić information content (AvgIpc) is 3.33. The van der Waals surface area contributed by atoms with Crippen LogP contribution in [0.15, 0.2) is 36.7 Å². The first kappa shape index (κ1) is 14.0. The normalized spacial score (nSPS) is 14.0. The van der Waals surface area contributed by atoms with Crippen molar-refractivity contribution in [3.63, 3.8) is 0 Å². The molecular formula is C16H16ClN3O. The van der Waals surface area contributed by atoms with Gasteiger partial charge in [0.15, 0.2) is 0 Å². The molecule has 0 bridgehead atoms. The number of nitrogens with zero attached hydrogens (tertiary/aromatic N) is 2. The molecule has 1 fully saturated rings. The molecule has 1 saturated carbocycles. The lowest BCUT2D eigenvalue weighted by Gasteiger charge is -2.07. The fourth-order valence-electron chi connectivity index (χ4n) is 2.18. The molecule has 1 N–H and O–H groups in total. The van der Waals surface area contributed by atoms with Crippen molar-refractivity contribution in [1.82, 2.24) is 15.3 Å². The fraction of sp³-hybridized carbons (Fsp3) is 0.312. The van der Waals surface area contributed by atoms with Crippen LogP contribution in [0.2, 0.25) is 5.02 Å². The highest BCUT2D eigenvalue weighted by atomic mass is 35.5. The molecule has 1 heterocycles. The Balaban J connectivity index is 1.56. The summed E-state index contributed by atoms with van der Waals surface area (Å²) < 4.78 is 0. The van der Waals surface area contributed by atoms with Crippen LogP contribution in [-0.2, 0) is 17.8 Å². The van der Waals surface area contributed by atoms with Crippen molar-refractivity contribution >= 4 is 17.5 Å². The Bertz CT molecular complexity index is 655. The van der Waals surface area contributed by atoms with Crippen molar-refractivity contribution in [3.8, 4) is 0 Å². The van der Waals surface area contributed by atoms with Gasteiger partial charge >= 0.3 is 0 Å². The van der Waals surface area contributed by atoms with Crippen LogP contribution in [0.25, 0.3) is 0 Å². The molecule has 2 aromatic rings. The van der Waals surface area contributed by atoms with Gasteiger partial charge in [-0.15, -0.1) is 0 Å². The summed E-state index contributed by atoms with van der Waals surface area (Å²) in [6.45, 7) is 0.422. The summed E-state index contributed by atoms with van der Waals surface area (Å²) in [6, 6.07) is 9.35. The van der Waals surface area contributed by atoms with Crippen molar-refractivity contribution in [1.29, 1.82) is 0 Å². The molecule has 3 rings (SSSR count). The van der Waals surface area contributed by atoms with Crippen LogP contribution < -0.4 is 5.32 Å². The van der Waals surface area contributed by atoms with Crippen LogP contribution in [0.1, 0.15) is 35.7 Å². The Labute approximate surface area is 128 Å². The predicted molar refractivity (Wildman–Crippen MR) is 81.0 cm³/mol. The average molecular weight is 302 g/mol. The SMILES string of the molecule is O=C(Cc1ccccc1Cl)NCc1cc(C2CC2)ncn1. The number of amides is 1. The third-order valence-electron chi connectivity index (χ3n) is 3.52. The van der Waals surface area contributed by atoms with E-state index in [-0.39, 0.29) is 12.3 Å². The zero-order valence-electron chi connectivity index (χ0n) is 11.6. The van der Waals surface area contributed by atoms with Gasteiger partial charge in [-0.25, -0.2) is 9.97 Å². The molecule has 1 aromatic carbocycles. The zero-order valence-corrected chi connectivity index (χ0v) is 12.3. The molecule has 1 aliphatic carbocycles. The van der Waals surface area contributed by atoms with Crippen molar-refractivity contribution in [3.05, 3.63) is 58.6 Å². The summed E-state index contributed by atoms with van der Waals surface area (Å²) in [4.78, 5) is 20.4. The van der Waals surface area contributed by atoms with E-state index in [0.717, 1.165) is 17.0 Å². The lowest BCUT2D eigenvalue weighted by Crippen LogP contribution is -2.25. The minimum absolute atomic E-state index is 0.0605. The molecule has 0 spiro atoms. The van der Waals surface area contributed by atoms with Gasteiger partial charge in [-0.05, 0) is 30.5 Å². The number of hydrogen-bond acceptors (Lipinski definition) is 3. The first-order chi connectivity index (χ1) is 10.2. The maximum absolute atomic E-state index is 12.0. The van der Waals surface area contributed by atoms with Gasteiger partial charge < -0.3 is 5.32 Å². The topological polar surface area (TPSA) is 54.9 Å². The molecule has 0 saturated heterocycles. The quantitative estimate of drug-likeness (QED) is 0.924. The van der Waals surface area contributed by atoms with Crippen molar-refractivity contribution < 1.29 is 4.79 Å². The van der Waals surface area contributed by atoms with Crippen LogP contribution in [0.4, 0.5) is 0 Å². The minimum Gasteiger partial charge on any atom is -0.350 e. The Kier molecular flexibility index (Phi) is 4.15. The van der Waals surface area contributed by atoms with E-state index >= 15 is 0 Å². The molecule has 1 amide bonds. The molecule has 4 nitrogen and oxygen atoms in total. The van der Waals surface area contributed by atoms with Gasteiger partial charge in [0.1, 0.15) is 6.33 Å². The van der Waals surface area contributed by atoms with Crippen LogP contribution in [0.5, 0.6) is 0 Å². The van der Waals surface area contributed by atoms with Crippen LogP contribution in [-0.4, -0.2) is 15.9 Å². The Morgan fingerprint density at radius 3 is 2.86 bits per heavy atom. The zero-order chi connectivity index (χ0) is 14.7. The highest BCUT2D eigenvalue weighted by Gasteiger charge is 2.25. The summed E-state index contributed by atoms with van der Waals surface area (Å²) in [5.74, 6) is 0.528. The number of hydrogen-bond donors (Lipinski definition) is 1. The first-order valence-corrected chi connectivity index (χ1v) is 7.41. The van der Waals surface area contributed by atoms with Gasteiger partial charge in [-0.1, -0.05) is 29.8 Å². The maximum atomic E-state index is 12.0. The van der Waals surface area contributed by atoms with E-state index in [2.05, 4.69) is 15.3 Å². The summed E-state index contributed by atoms with van der Waals surface area (Å²) >= 11 is 6.05. The number of aromatic nitrogens is 2. The van der Waals surface area contributed by atoms with E-state index in [1.807, 2.05) is 24.3 Å². The number of carbonyl (C=O) groups is 1. The number of benzene rings is 1. The second-order valence-corrected chi connectivity index (χ2v) is 5.66. The number of nitrogens with one attached hydrogen (secondary N) is 1. The molecule has 0 radical (unpaired) electrons. The van der Waals surface area contributed by atoms with E-state index in [9.17, 15) is 4.79 Å². The smallest absolute Gasteiger partial charge is 0.224 e. The number of carbonyl (C=O) groups excluding carboxylic acids is 1. The number of halogens is 1. The maximum Gasteiger partial charge on any atom is 0.224 e. The second-order valence-electron chi connectivity index (χ2n) is 5.25. The lowest BCUT2D eigenvalue weighted by atomic mass is 10.1. The molecule has 0 atom stereocenters. The second kappa shape index (κ2) is 6.22. The fourth-order valence-corrected chi connectivity index (χ4v) is 2.38. The molecule has 5 heteroatoms. The summed E-state index contributed by atoms with van der Waals surface area (Å²) in [6.07, 6.45) is 4.26. The van der Waals surface area contributed by atoms with Gasteiger partial charge in [0.25, 0.3) is 0 Å². The van der Waals surface area contributed by atoms with Crippen molar-refractivity contribution in [2.75, 3.05) is 0 Å². The molecule has 1 aromatic heterocycles. The van der Waals surface area contributed by atoms with Gasteiger partial charge in [0, 0.05) is 16.6 Å². The van der Waals surface area contributed by atoms with Gasteiger partial charge in [0.2, 0.25) is 5.91 Å². The largest absolute Gasteiger partial charge is 0.350 e. The van der Waals surface area contributed by atoms with E-state index in [0.29, 0.717) is 17.5 Å². The van der Waals surface area contributed by atoms with Crippen LogP contribution in [0, 0.1) is 0 Å². The van der Waals surface area contributed by atoms with Gasteiger partial charge in [-0.3, -0.25) is 4.79 Å². The van der Waals surface area contributed by atoms with E-state index < -0.39 is 0 Å². The van der Waals surface area contributed by atoms with Crippen LogP contribution >= 0.6 is 11.6 Å². The highest BCUT2D eigenvalue weighted by Crippen LogP contribution is 2.38. The Morgan fingerprint density at radius 1 is 1.29 bits per heavy atom. The van der Waals surface area contributed by atoms with Crippen molar-refractivity contribution in [2.24, 2.45) is 0 Å². The summed E-state index contributed by atoms with van der Waals surface area (Å²) in [7, 11) is 0. The van der Waals surface area contributed by atoms with Crippen LogP contribution in [0.3, 0.4) is 0 Å². The number of rotatable bonds is 5. The first-order valence-electron chi connectivity index (χ1n) is 7.03. The minimum atomic E-state index is -0.0605. The van der Waals surface area contributed by atoms with Crippen molar-refractivity contribution in [2.45, 2.75) is 31.7 Å². The molecule has 108 valence electrons. The highest BCUT2D eigenvalue weighted by molar-refractivity contribution is 6.31. The molecule has 1 aliphatic rings. The Morgan fingerprint density at radius 2 is 2.10 bits per heavy atom. The molecular weight excluding hydrogens is 286 g/mol. The van der Waals surface area contributed by atoms with E-state index in [1.165, 1.54) is 12.8 Å². The third kappa shape index (κ3) is 3.79. The monoisotopic (exact) mass is 301 g/mol. The van der Waals surface area contributed by atoms with Gasteiger partial charge in [0.05, 0.1) is 18.7 Å². The van der Waals surface area contributed by atoms with E-state index in [1.54, 1.807) is 12.4 Å². The lowest BCUT2D eigenvalue weighted by molar-refractivity contribution is -0.120. The third-order valence-corrected chi connectivity index (χ3v) is 3.88. The van der Waals surface area contributed by atoms with Gasteiger partial charge in [-0.2, -0.15) is 0 Å². The predicted octanol–water partition coefficient (Wildman–Crippen LogP) is 2.87.